The normalized spacial score (nSPS) is 19.9. The molecule has 2 rings (SSSR count). The second-order valence-electron chi connectivity index (χ2n) is 4.35. The molecule has 1 saturated carbocycles. The second-order valence-corrected chi connectivity index (χ2v) is 5.20. The molecule has 15 heavy (non-hydrogen) atoms. The molecule has 1 atom stereocenters. The van der Waals surface area contributed by atoms with Crippen molar-refractivity contribution in [2.75, 3.05) is 6.54 Å². The summed E-state index contributed by atoms with van der Waals surface area (Å²) in [5, 5.41) is 10.4. The van der Waals surface area contributed by atoms with Gasteiger partial charge in [0.1, 0.15) is 0 Å². The molecular weight excluding hydrogens is 254 g/mol. The van der Waals surface area contributed by atoms with Crippen molar-refractivity contribution in [3.8, 4) is 0 Å². The summed E-state index contributed by atoms with van der Waals surface area (Å²) in [4.78, 5) is 0. The number of hydrogen-bond acceptors (Lipinski definition) is 2. The predicted molar refractivity (Wildman–Crippen MR) is 64.6 cm³/mol. The lowest BCUT2D eigenvalue weighted by atomic mass is 9.90. The van der Waals surface area contributed by atoms with Crippen LogP contribution in [0.5, 0.6) is 0 Å². The quantitative estimate of drug-likeness (QED) is 0.880. The van der Waals surface area contributed by atoms with E-state index in [2.05, 4.69) is 15.9 Å². The number of benzene rings is 1. The fourth-order valence-corrected chi connectivity index (χ4v) is 2.40. The maximum absolute atomic E-state index is 10.4. The third-order valence-electron chi connectivity index (χ3n) is 3.15. The number of aliphatic hydroxyl groups is 1. The molecule has 0 heterocycles. The zero-order chi connectivity index (χ0) is 10.9. The standard InChI is InChI=1S/C12H16BrNO/c13-11-4-2-1-3-9(11)7-12(15,8-14)10-5-6-10/h1-4,10,15H,5-8,14H2. The van der Waals surface area contributed by atoms with Crippen molar-refractivity contribution in [3.05, 3.63) is 34.3 Å². The first-order valence-electron chi connectivity index (χ1n) is 5.31. The summed E-state index contributed by atoms with van der Waals surface area (Å²) in [6.07, 6.45) is 2.87. The summed E-state index contributed by atoms with van der Waals surface area (Å²) in [6, 6.07) is 8.00. The Morgan fingerprint density at radius 1 is 1.40 bits per heavy atom. The zero-order valence-corrected chi connectivity index (χ0v) is 10.2. The van der Waals surface area contributed by atoms with Gasteiger partial charge in [-0.25, -0.2) is 0 Å². The molecule has 0 aromatic heterocycles. The van der Waals surface area contributed by atoms with Crippen LogP contribution in [-0.4, -0.2) is 17.3 Å². The van der Waals surface area contributed by atoms with Gasteiger partial charge in [-0.05, 0) is 30.4 Å². The molecule has 1 fully saturated rings. The van der Waals surface area contributed by atoms with Crippen molar-refractivity contribution in [2.45, 2.75) is 24.9 Å². The lowest BCUT2D eigenvalue weighted by Crippen LogP contribution is -2.42. The Hall–Kier alpha value is -0.380. The van der Waals surface area contributed by atoms with E-state index in [1.807, 2.05) is 24.3 Å². The summed E-state index contributed by atoms with van der Waals surface area (Å²) >= 11 is 3.50. The maximum atomic E-state index is 10.4. The Kier molecular flexibility index (Phi) is 3.14. The van der Waals surface area contributed by atoms with Crippen molar-refractivity contribution < 1.29 is 5.11 Å². The van der Waals surface area contributed by atoms with Gasteiger partial charge in [0.2, 0.25) is 0 Å². The Morgan fingerprint density at radius 3 is 2.60 bits per heavy atom. The second kappa shape index (κ2) is 4.24. The summed E-state index contributed by atoms with van der Waals surface area (Å²) in [7, 11) is 0. The molecule has 0 radical (unpaired) electrons. The smallest absolute Gasteiger partial charge is 0.0837 e. The van der Waals surface area contributed by atoms with Crippen molar-refractivity contribution in [2.24, 2.45) is 11.7 Å². The van der Waals surface area contributed by atoms with Gasteiger partial charge in [-0.1, -0.05) is 34.1 Å². The van der Waals surface area contributed by atoms with E-state index in [1.54, 1.807) is 0 Å². The Balaban J connectivity index is 2.16. The van der Waals surface area contributed by atoms with Crippen LogP contribution < -0.4 is 5.73 Å². The monoisotopic (exact) mass is 269 g/mol. The zero-order valence-electron chi connectivity index (χ0n) is 8.62. The van der Waals surface area contributed by atoms with Gasteiger partial charge >= 0.3 is 0 Å². The summed E-state index contributed by atoms with van der Waals surface area (Å²) < 4.78 is 1.05. The Labute approximate surface area is 98.6 Å². The van der Waals surface area contributed by atoms with Crippen LogP contribution in [-0.2, 0) is 6.42 Å². The maximum Gasteiger partial charge on any atom is 0.0837 e. The third-order valence-corrected chi connectivity index (χ3v) is 3.92. The van der Waals surface area contributed by atoms with Crippen LogP contribution in [0.1, 0.15) is 18.4 Å². The minimum absolute atomic E-state index is 0.346. The highest BCUT2D eigenvalue weighted by Gasteiger charge is 2.42. The van der Waals surface area contributed by atoms with E-state index in [0.29, 0.717) is 18.9 Å². The van der Waals surface area contributed by atoms with Gasteiger partial charge in [-0.2, -0.15) is 0 Å². The van der Waals surface area contributed by atoms with E-state index in [9.17, 15) is 5.11 Å². The minimum Gasteiger partial charge on any atom is -0.388 e. The molecule has 3 heteroatoms. The third kappa shape index (κ3) is 2.41. The number of hydrogen-bond donors (Lipinski definition) is 2. The van der Waals surface area contributed by atoms with Crippen LogP contribution in [0, 0.1) is 5.92 Å². The predicted octanol–water partition coefficient (Wildman–Crippen LogP) is 2.09. The molecule has 1 aliphatic carbocycles. The van der Waals surface area contributed by atoms with Gasteiger partial charge in [0.25, 0.3) is 0 Å². The van der Waals surface area contributed by atoms with E-state index in [4.69, 9.17) is 5.73 Å². The first kappa shape index (κ1) is 11.1. The fraction of sp³-hybridized carbons (Fsp3) is 0.500. The van der Waals surface area contributed by atoms with E-state index >= 15 is 0 Å². The molecule has 3 N–H and O–H groups in total. The number of halogens is 1. The van der Waals surface area contributed by atoms with Gasteiger partial charge < -0.3 is 10.8 Å². The van der Waals surface area contributed by atoms with Crippen LogP contribution in [0.4, 0.5) is 0 Å². The minimum atomic E-state index is -0.704. The van der Waals surface area contributed by atoms with E-state index < -0.39 is 5.60 Å². The topological polar surface area (TPSA) is 46.2 Å². The van der Waals surface area contributed by atoms with E-state index in [0.717, 1.165) is 22.9 Å². The summed E-state index contributed by atoms with van der Waals surface area (Å²) in [6.45, 7) is 0.346. The molecule has 0 saturated heterocycles. The SMILES string of the molecule is NCC(O)(Cc1ccccc1Br)C1CC1. The van der Waals surface area contributed by atoms with Gasteiger partial charge in [0.15, 0.2) is 0 Å². The van der Waals surface area contributed by atoms with Crippen LogP contribution in [0.15, 0.2) is 28.7 Å². The van der Waals surface area contributed by atoms with Crippen LogP contribution in [0.3, 0.4) is 0 Å². The molecule has 0 amide bonds. The molecule has 0 bridgehead atoms. The van der Waals surface area contributed by atoms with Crippen LogP contribution in [0.25, 0.3) is 0 Å². The average molecular weight is 270 g/mol. The highest BCUT2D eigenvalue weighted by Crippen LogP contribution is 2.41. The van der Waals surface area contributed by atoms with Crippen molar-refractivity contribution in [1.29, 1.82) is 0 Å². The Morgan fingerprint density at radius 2 is 2.07 bits per heavy atom. The van der Waals surface area contributed by atoms with Crippen LogP contribution >= 0.6 is 15.9 Å². The molecule has 1 aromatic carbocycles. The first-order valence-corrected chi connectivity index (χ1v) is 6.11. The molecule has 82 valence electrons. The van der Waals surface area contributed by atoms with E-state index in [-0.39, 0.29) is 0 Å². The van der Waals surface area contributed by atoms with Crippen LogP contribution in [0.2, 0.25) is 0 Å². The van der Waals surface area contributed by atoms with Gasteiger partial charge in [-0.3, -0.25) is 0 Å². The lowest BCUT2D eigenvalue weighted by molar-refractivity contribution is 0.0265. The van der Waals surface area contributed by atoms with Gasteiger partial charge in [0, 0.05) is 17.4 Å². The number of rotatable bonds is 4. The molecule has 1 aliphatic rings. The fourth-order valence-electron chi connectivity index (χ4n) is 1.98. The summed E-state index contributed by atoms with van der Waals surface area (Å²) in [5.74, 6) is 0.398. The lowest BCUT2D eigenvalue weighted by Gasteiger charge is -2.27. The van der Waals surface area contributed by atoms with Gasteiger partial charge in [-0.15, -0.1) is 0 Å². The molecular formula is C12H16BrNO. The largest absolute Gasteiger partial charge is 0.388 e. The average Bonchev–Trinajstić information content (AvgIpc) is 3.05. The molecule has 0 spiro atoms. The van der Waals surface area contributed by atoms with Gasteiger partial charge in [0.05, 0.1) is 5.60 Å². The van der Waals surface area contributed by atoms with Crippen molar-refractivity contribution >= 4 is 15.9 Å². The molecule has 0 aliphatic heterocycles. The highest BCUT2D eigenvalue weighted by molar-refractivity contribution is 9.10. The van der Waals surface area contributed by atoms with Crippen molar-refractivity contribution in [3.63, 3.8) is 0 Å². The summed E-state index contributed by atoms with van der Waals surface area (Å²) in [5.41, 5.74) is 6.11. The first-order chi connectivity index (χ1) is 7.15. The molecule has 2 nitrogen and oxygen atoms in total. The Bertz CT molecular complexity index is 351. The molecule has 1 aromatic rings. The van der Waals surface area contributed by atoms with E-state index in [1.165, 1.54) is 0 Å². The van der Waals surface area contributed by atoms with Crippen molar-refractivity contribution in [1.82, 2.24) is 0 Å². The molecule has 1 unspecified atom stereocenters. The number of nitrogens with two attached hydrogens (primary N) is 1. The highest BCUT2D eigenvalue weighted by atomic mass is 79.9.